The van der Waals surface area contributed by atoms with E-state index in [0.717, 1.165) is 19.1 Å². The van der Waals surface area contributed by atoms with Gasteiger partial charge in [0.05, 0.1) is 12.7 Å². The average Bonchev–Trinajstić information content (AvgIpc) is 2.11. The molecule has 2 aliphatic heterocycles. The van der Waals surface area contributed by atoms with Crippen molar-refractivity contribution in [3.8, 4) is 0 Å². The predicted molar refractivity (Wildman–Crippen MR) is 35.3 cm³/mol. The average molecular weight is 127 g/mol. The van der Waals surface area contributed by atoms with Crippen LogP contribution in [0, 0.1) is 5.92 Å². The normalized spacial score (nSPS) is 43.7. The lowest BCUT2D eigenvalue weighted by molar-refractivity contribution is 0.0926. The van der Waals surface area contributed by atoms with Crippen molar-refractivity contribution in [2.24, 2.45) is 5.92 Å². The van der Waals surface area contributed by atoms with Crippen LogP contribution in [-0.4, -0.2) is 37.7 Å². The first-order chi connectivity index (χ1) is 4.34. The molecule has 2 bridgehead atoms. The van der Waals surface area contributed by atoms with Gasteiger partial charge in [0.2, 0.25) is 0 Å². The molecule has 2 fully saturated rings. The number of piperidine rings is 1. The first kappa shape index (κ1) is 5.69. The van der Waals surface area contributed by atoms with E-state index >= 15 is 0 Å². The van der Waals surface area contributed by atoms with Crippen molar-refractivity contribution in [1.82, 2.24) is 4.90 Å². The second kappa shape index (κ2) is 1.96. The molecule has 0 aromatic rings. The molecule has 0 N–H and O–H groups in total. The number of hydrogen-bond donors (Lipinski definition) is 0. The summed E-state index contributed by atoms with van der Waals surface area (Å²) >= 11 is 0. The molecule has 2 nitrogen and oxygen atoms in total. The van der Waals surface area contributed by atoms with Crippen LogP contribution in [0.2, 0.25) is 0 Å². The summed E-state index contributed by atoms with van der Waals surface area (Å²) in [6.07, 6.45) is 1.87. The standard InChI is InChI=1S/C7H13NO/c1-8-3-6-2-7(4-8)9-5-6/h6-7H,2-5H2,1H3/t6-,7+/m0/s1. The van der Waals surface area contributed by atoms with E-state index in [1.165, 1.54) is 13.0 Å². The van der Waals surface area contributed by atoms with E-state index in [1.54, 1.807) is 0 Å². The number of likely N-dealkylation sites (N-methyl/N-ethyl adjacent to an activating group) is 1. The van der Waals surface area contributed by atoms with Crippen LogP contribution in [0.3, 0.4) is 0 Å². The third-order valence-corrected chi connectivity index (χ3v) is 2.25. The molecule has 0 aliphatic carbocycles. The molecular weight excluding hydrogens is 114 g/mol. The van der Waals surface area contributed by atoms with Gasteiger partial charge in [-0.3, -0.25) is 0 Å². The molecule has 0 aromatic heterocycles. The van der Waals surface area contributed by atoms with Crippen LogP contribution in [-0.2, 0) is 4.74 Å². The fourth-order valence-corrected chi connectivity index (χ4v) is 1.90. The summed E-state index contributed by atoms with van der Waals surface area (Å²) in [6.45, 7) is 3.40. The van der Waals surface area contributed by atoms with Crippen LogP contribution in [0.1, 0.15) is 6.42 Å². The third-order valence-electron chi connectivity index (χ3n) is 2.25. The molecule has 0 saturated carbocycles. The fourth-order valence-electron chi connectivity index (χ4n) is 1.90. The van der Waals surface area contributed by atoms with Crippen LogP contribution < -0.4 is 0 Å². The summed E-state index contributed by atoms with van der Waals surface area (Å²) in [7, 11) is 2.17. The monoisotopic (exact) mass is 127 g/mol. The topological polar surface area (TPSA) is 12.5 Å². The Morgan fingerprint density at radius 2 is 2.33 bits per heavy atom. The van der Waals surface area contributed by atoms with E-state index in [4.69, 9.17) is 4.74 Å². The minimum Gasteiger partial charge on any atom is -0.377 e. The van der Waals surface area contributed by atoms with Crippen molar-refractivity contribution < 1.29 is 4.74 Å². The van der Waals surface area contributed by atoms with Gasteiger partial charge in [-0.2, -0.15) is 0 Å². The summed E-state index contributed by atoms with van der Waals surface area (Å²) in [5, 5.41) is 0. The van der Waals surface area contributed by atoms with Crippen molar-refractivity contribution in [3.63, 3.8) is 0 Å². The lowest BCUT2D eigenvalue weighted by Crippen LogP contribution is -2.35. The predicted octanol–water partition coefficient (Wildman–Crippen LogP) is 0.337. The number of rotatable bonds is 0. The zero-order valence-electron chi connectivity index (χ0n) is 5.84. The van der Waals surface area contributed by atoms with E-state index in [9.17, 15) is 0 Å². The van der Waals surface area contributed by atoms with Gasteiger partial charge in [-0.05, 0) is 19.4 Å². The Morgan fingerprint density at radius 3 is 3.11 bits per heavy atom. The van der Waals surface area contributed by atoms with Crippen LogP contribution in [0.15, 0.2) is 0 Å². The minimum absolute atomic E-state index is 0.564. The number of nitrogens with zero attached hydrogens (tertiary/aromatic N) is 1. The second-order valence-electron chi connectivity index (χ2n) is 3.28. The number of ether oxygens (including phenoxy) is 1. The molecule has 2 heterocycles. The zero-order valence-corrected chi connectivity index (χ0v) is 5.84. The quantitative estimate of drug-likeness (QED) is 0.465. The van der Waals surface area contributed by atoms with Crippen molar-refractivity contribution in [2.75, 3.05) is 26.7 Å². The summed E-state index contributed by atoms with van der Waals surface area (Å²) in [5.41, 5.74) is 0. The number of fused-ring (bicyclic) bond motifs is 2. The number of hydrogen-bond acceptors (Lipinski definition) is 2. The maximum Gasteiger partial charge on any atom is 0.0706 e. The first-order valence-electron chi connectivity index (χ1n) is 3.65. The van der Waals surface area contributed by atoms with Gasteiger partial charge in [0.1, 0.15) is 0 Å². The lowest BCUT2D eigenvalue weighted by atomic mass is 10.0. The molecule has 52 valence electrons. The Morgan fingerprint density at radius 1 is 1.44 bits per heavy atom. The molecule has 0 aromatic carbocycles. The van der Waals surface area contributed by atoms with Gasteiger partial charge in [-0.1, -0.05) is 0 Å². The van der Waals surface area contributed by atoms with Gasteiger partial charge in [0.25, 0.3) is 0 Å². The van der Waals surface area contributed by atoms with Crippen LogP contribution >= 0.6 is 0 Å². The smallest absolute Gasteiger partial charge is 0.0706 e. The van der Waals surface area contributed by atoms with Crippen molar-refractivity contribution in [2.45, 2.75) is 12.5 Å². The van der Waals surface area contributed by atoms with Gasteiger partial charge < -0.3 is 9.64 Å². The van der Waals surface area contributed by atoms with Gasteiger partial charge >= 0.3 is 0 Å². The summed E-state index contributed by atoms with van der Waals surface area (Å²) in [5.74, 6) is 0.841. The van der Waals surface area contributed by atoms with Crippen LogP contribution in [0.25, 0.3) is 0 Å². The molecule has 0 amide bonds. The Labute approximate surface area is 55.8 Å². The van der Waals surface area contributed by atoms with E-state index in [1.807, 2.05) is 0 Å². The highest BCUT2D eigenvalue weighted by atomic mass is 16.5. The summed E-state index contributed by atoms with van der Waals surface area (Å²) < 4.78 is 5.51. The third kappa shape index (κ3) is 0.970. The molecular formula is C7H13NO. The van der Waals surface area contributed by atoms with Crippen molar-refractivity contribution in [3.05, 3.63) is 0 Å². The van der Waals surface area contributed by atoms with E-state index in [2.05, 4.69) is 11.9 Å². The van der Waals surface area contributed by atoms with Crippen molar-refractivity contribution >= 4 is 0 Å². The highest BCUT2D eigenvalue weighted by Crippen LogP contribution is 2.25. The molecule has 0 spiro atoms. The van der Waals surface area contributed by atoms with E-state index < -0.39 is 0 Å². The second-order valence-corrected chi connectivity index (χ2v) is 3.28. The highest BCUT2D eigenvalue weighted by molar-refractivity contribution is 4.82. The van der Waals surface area contributed by atoms with Crippen LogP contribution in [0.4, 0.5) is 0 Å². The Bertz CT molecular complexity index is 103. The van der Waals surface area contributed by atoms with Gasteiger partial charge in [0, 0.05) is 13.1 Å². The molecule has 2 aliphatic rings. The minimum atomic E-state index is 0.564. The molecule has 2 atom stereocenters. The molecule has 2 saturated heterocycles. The van der Waals surface area contributed by atoms with Gasteiger partial charge in [0.15, 0.2) is 0 Å². The maximum atomic E-state index is 5.51. The Balaban J connectivity index is 2.03. The van der Waals surface area contributed by atoms with Gasteiger partial charge in [-0.25, -0.2) is 0 Å². The Kier molecular flexibility index (Phi) is 1.24. The molecule has 0 radical (unpaired) electrons. The fraction of sp³-hybridized carbons (Fsp3) is 1.00. The molecule has 2 rings (SSSR count). The largest absolute Gasteiger partial charge is 0.377 e. The van der Waals surface area contributed by atoms with Crippen molar-refractivity contribution in [1.29, 1.82) is 0 Å². The molecule has 2 heteroatoms. The van der Waals surface area contributed by atoms with Gasteiger partial charge in [-0.15, -0.1) is 0 Å². The Hall–Kier alpha value is -0.0800. The summed E-state index contributed by atoms with van der Waals surface area (Å²) in [6, 6.07) is 0. The van der Waals surface area contributed by atoms with E-state index in [0.29, 0.717) is 6.10 Å². The lowest BCUT2D eigenvalue weighted by Gasteiger charge is -2.25. The first-order valence-corrected chi connectivity index (χ1v) is 3.65. The highest BCUT2D eigenvalue weighted by Gasteiger charge is 2.31. The van der Waals surface area contributed by atoms with E-state index in [-0.39, 0.29) is 0 Å². The number of likely N-dealkylation sites (tertiary alicyclic amines) is 1. The van der Waals surface area contributed by atoms with Crippen LogP contribution in [0.5, 0.6) is 0 Å². The molecule has 0 unspecified atom stereocenters. The molecule has 9 heavy (non-hydrogen) atoms. The summed E-state index contributed by atoms with van der Waals surface area (Å²) in [4.78, 5) is 2.37. The zero-order chi connectivity index (χ0) is 6.27. The SMILES string of the molecule is CN1C[C@H]2CO[C@H](C2)C1. The maximum absolute atomic E-state index is 5.51.